The third-order valence-electron chi connectivity index (χ3n) is 6.84. The van der Waals surface area contributed by atoms with Gasteiger partial charge in [0.25, 0.3) is 0 Å². The van der Waals surface area contributed by atoms with E-state index in [1.54, 1.807) is 18.2 Å². The van der Waals surface area contributed by atoms with E-state index in [1.165, 1.54) is 12.5 Å². The number of hydrogen-bond donors (Lipinski definition) is 1. The molecule has 2 aromatic carbocycles. The van der Waals surface area contributed by atoms with Gasteiger partial charge in [0.1, 0.15) is 12.8 Å². The summed E-state index contributed by atoms with van der Waals surface area (Å²) >= 11 is 0. The van der Waals surface area contributed by atoms with Gasteiger partial charge in [0.2, 0.25) is 5.69 Å². The maximum absolute atomic E-state index is 13.7. The molecule has 2 aromatic rings. The zero-order valence-corrected chi connectivity index (χ0v) is 21.1. The lowest BCUT2D eigenvalue weighted by Crippen LogP contribution is -2.41. The molecule has 188 valence electrons. The molecule has 2 aliphatic rings. The summed E-state index contributed by atoms with van der Waals surface area (Å²) in [5.74, 6) is -1.23. The molecule has 4 rings (SSSR count). The number of ketones is 1. The Labute approximate surface area is 212 Å². The normalized spacial score (nSPS) is 20.6. The van der Waals surface area contributed by atoms with Crippen LogP contribution >= 0.6 is 0 Å². The second-order valence-corrected chi connectivity index (χ2v) is 9.56. The van der Waals surface area contributed by atoms with E-state index in [2.05, 4.69) is 29.1 Å². The van der Waals surface area contributed by atoms with Crippen LogP contribution in [0.4, 0.5) is 5.69 Å². The van der Waals surface area contributed by atoms with Crippen LogP contribution in [-0.2, 0) is 20.9 Å². The van der Waals surface area contributed by atoms with E-state index in [4.69, 9.17) is 4.74 Å². The van der Waals surface area contributed by atoms with Gasteiger partial charge in [-0.3, -0.25) is 9.69 Å². The summed E-state index contributed by atoms with van der Waals surface area (Å²) in [7, 11) is 0. The largest absolute Gasteiger partial charge is 0.619 e. The number of rotatable bonds is 7. The van der Waals surface area contributed by atoms with Crippen LogP contribution in [0.15, 0.2) is 77.1 Å². The molecule has 0 radical (unpaired) electrons. The number of likely N-dealkylation sites (tertiary alicyclic amines) is 1. The zero-order valence-electron chi connectivity index (χ0n) is 21.1. The number of esters is 1. The molecule has 1 unspecified atom stereocenters. The molecule has 1 fully saturated rings. The van der Waals surface area contributed by atoms with Gasteiger partial charge in [-0.05, 0) is 51.3 Å². The number of benzene rings is 2. The van der Waals surface area contributed by atoms with Crippen molar-refractivity contribution in [2.24, 2.45) is 0 Å². The first-order valence-corrected chi connectivity index (χ1v) is 12.3. The molecule has 2 aliphatic heterocycles. The maximum Gasteiger partial charge on any atom is 0.337 e. The number of Topliss-reactive ketones (excluding diaryl/α,β-unsaturated/α-hetero) is 1. The van der Waals surface area contributed by atoms with E-state index >= 15 is 0 Å². The number of allylic oxidation sites excluding steroid dienone is 3. The molecule has 7 heteroatoms. The summed E-state index contributed by atoms with van der Waals surface area (Å²) in [6, 6.07) is 17.1. The van der Waals surface area contributed by atoms with Gasteiger partial charge in [-0.15, -0.1) is 0 Å². The van der Waals surface area contributed by atoms with E-state index in [9.17, 15) is 14.8 Å². The molecule has 0 amide bonds. The zero-order chi connectivity index (χ0) is 25.8. The van der Waals surface area contributed by atoms with E-state index in [1.807, 2.05) is 38.1 Å². The molecule has 7 nitrogen and oxygen atoms in total. The Morgan fingerprint density at radius 2 is 1.83 bits per heavy atom. The van der Waals surface area contributed by atoms with Crippen LogP contribution in [0.3, 0.4) is 0 Å². The van der Waals surface area contributed by atoms with E-state index < -0.39 is 11.9 Å². The second kappa shape index (κ2) is 10.9. The lowest BCUT2D eigenvalue weighted by Gasteiger charge is -2.34. The molecular formula is C29H33N3O4. The lowest BCUT2D eigenvalue weighted by atomic mass is 9.79. The fourth-order valence-corrected chi connectivity index (χ4v) is 5.23. The predicted octanol–water partition coefficient (Wildman–Crippen LogP) is 4.56. The van der Waals surface area contributed by atoms with Gasteiger partial charge in [-0.2, -0.15) is 4.74 Å². The molecule has 0 aromatic heterocycles. The summed E-state index contributed by atoms with van der Waals surface area (Å²) in [6.07, 6.45) is 1.48. The first kappa shape index (κ1) is 25.4. The average Bonchev–Trinajstić information content (AvgIpc) is 2.84. The van der Waals surface area contributed by atoms with Crippen LogP contribution in [0, 0.1) is 5.21 Å². The van der Waals surface area contributed by atoms with Crippen LogP contribution < -0.4 is 5.32 Å². The summed E-state index contributed by atoms with van der Waals surface area (Å²) in [6.45, 7) is 11.0. The lowest BCUT2D eigenvalue weighted by molar-refractivity contribution is -0.349. The Bertz CT molecular complexity index is 1230. The van der Waals surface area contributed by atoms with Gasteiger partial charge in [0.05, 0.1) is 5.57 Å². The highest BCUT2D eigenvalue weighted by molar-refractivity contribution is 6.02. The molecular weight excluding hydrogens is 454 g/mol. The number of carbonyl (C=O) groups is 2. The molecule has 0 spiro atoms. The quantitative estimate of drug-likeness (QED) is 0.203. The first-order valence-electron chi connectivity index (χ1n) is 12.3. The number of carbonyl (C=O) groups excluding carboxylic acids is 2. The van der Waals surface area contributed by atoms with Crippen molar-refractivity contribution in [3.63, 3.8) is 0 Å². The summed E-state index contributed by atoms with van der Waals surface area (Å²) in [4.78, 5) is 28.7. The number of dihydropyridines is 1. The van der Waals surface area contributed by atoms with Gasteiger partial charge in [-0.25, -0.2) is 4.79 Å². The van der Waals surface area contributed by atoms with Gasteiger partial charge in [0.15, 0.2) is 5.78 Å². The molecule has 36 heavy (non-hydrogen) atoms. The predicted molar refractivity (Wildman–Crippen MR) is 140 cm³/mol. The third-order valence-corrected chi connectivity index (χ3v) is 6.84. The van der Waals surface area contributed by atoms with Crippen LogP contribution in [0.2, 0.25) is 0 Å². The van der Waals surface area contributed by atoms with Crippen molar-refractivity contribution in [2.75, 3.05) is 13.1 Å². The molecule has 0 aliphatic carbocycles. The fourth-order valence-electron chi connectivity index (χ4n) is 5.23. The van der Waals surface area contributed by atoms with E-state index in [0.29, 0.717) is 45.1 Å². The number of piperidine rings is 1. The Hall–Kier alpha value is -3.71. The Kier molecular flexibility index (Phi) is 7.70. The summed E-state index contributed by atoms with van der Waals surface area (Å²) in [5.41, 5.74) is 4.45. The Balaban J connectivity index is 1.60. The molecule has 0 saturated carbocycles. The average molecular weight is 488 g/mol. The molecule has 2 heterocycles. The monoisotopic (exact) mass is 487 g/mol. The van der Waals surface area contributed by atoms with Crippen molar-refractivity contribution in [3.8, 4) is 0 Å². The minimum absolute atomic E-state index is 0.145. The van der Waals surface area contributed by atoms with Crippen LogP contribution in [0.25, 0.3) is 0 Å². The van der Waals surface area contributed by atoms with Crippen molar-refractivity contribution < 1.29 is 19.1 Å². The van der Waals surface area contributed by atoms with Crippen molar-refractivity contribution in [3.05, 3.63) is 93.5 Å². The number of nitrogens with one attached hydrogen (secondary N) is 1. The van der Waals surface area contributed by atoms with Gasteiger partial charge in [0, 0.05) is 48.1 Å². The minimum Gasteiger partial charge on any atom is -0.619 e. The number of ether oxygens (including phenoxy) is 1. The first-order chi connectivity index (χ1) is 17.2. The minimum atomic E-state index is -0.639. The van der Waals surface area contributed by atoms with E-state index in [-0.39, 0.29) is 11.9 Å². The molecule has 0 bridgehead atoms. The highest BCUT2D eigenvalue weighted by Crippen LogP contribution is 2.40. The van der Waals surface area contributed by atoms with Gasteiger partial charge in [-0.1, -0.05) is 42.5 Å². The van der Waals surface area contributed by atoms with Crippen molar-refractivity contribution in [1.82, 2.24) is 10.2 Å². The Morgan fingerprint density at radius 3 is 2.53 bits per heavy atom. The summed E-state index contributed by atoms with van der Waals surface area (Å²) < 4.78 is 6.59. The van der Waals surface area contributed by atoms with Crippen LogP contribution in [0.5, 0.6) is 0 Å². The fraction of sp³-hybridized carbons (Fsp3) is 0.345. The highest BCUT2D eigenvalue weighted by atomic mass is 16.5. The second-order valence-electron chi connectivity index (χ2n) is 9.56. The topological polar surface area (TPSA) is 84.7 Å². The van der Waals surface area contributed by atoms with E-state index in [0.717, 1.165) is 25.9 Å². The number of nitrogens with zero attached hydrogens (tertiary/aromatic N) is 2. The molecule has 1 N–H and O–H groups in total. The van der Waals surface area contributed by atoms with Crippen molar-refractivity contribution in [2.45, 2.75) is 52.2 Å². The molecule has 2 atom stereocenters. The van der Waals surface area contributed by atoms with Crippen LogP contribution in [-0.4, -0.2) is 47.3 Å². The standard InChI is InChI=1S/C29H33N3O4/c1-19-26(21(3)33)28(23-12-8-13-24(16-23)31(4)35)27(20(2)30-19)29(34)36-25-14-9-15-32(18-25)17-22-10-6-5-7-11-22/h5-8,10-13,16,25,28,30H,4,9,14-15,17-18H2,1-3H3/t25-,28?/m1/s1. The molecule has 1 saturated heterocycles. The summed E-state index contributed by atoms with van der Waals surface area (Å²) in [5, 5.41) is 15.1. The highest BCUT2D eigenvalue weighted by Gasteiger charge is 2.37. The van der Waals surface area contributed by atoms with Crippen molar-refractivity contribution in [1.29, 1.82) is 0 Å². The maximum atomic E-state index is 13.7. The number of hydrogen-bond acceptors (Lipinski definition) is 6. The van der Waals surface area contributed by atoms with Crippen molar-refractivity contribution >= 4 is 24.2 Å². The third kappa shape index (κ3) is 5.57. The SMILES string of the molecule is C=[N+]([O-])c1cccc(C2C(C(C)=O)=C(C)NC(C)=C2C(=O)O[C@@H]2CCCN(Cc3ccccc3)C2)c1. The van der Waals surface area contributed by atoms with Gasteiger partial charge < -0.3 is 15.3 Å². The smallest absolute Gasteiger partial charge is 0.337 e. The van der Waals surface area contributed by atoms with Crippen LogP contribution in [0.1, 0.15) is 50.7 Å². The Morgan fingerprint density at radius 1 is 1.11 bits per heavy atom. The van der Waals surface area contributed by atoms with Gasteiger partial charge >= 0.3 is 5.97 Å².